The van der Waals surface area contributed by atoms with Crippen molar-refractivity contribution < 1.29 is 9.13 Å². The Labute approximate surface area is 123 Å². The van der Waals surface area contributed by atoms with Crippen molar-refractivity contribution in [1.82, 2.24) is 5.43 Å². The Morgan fingerprint density at radius 1 is 1.19 bits per heavy atom. The van der Waals surface area contributed by atoms with E-state index in [1.165, 1.54) is 6.07 Å². The summed E-state index contributed by atoms with van der Waals surface area (Å²) in [6.07, 6.45) is 1.43. The zero-order valence-electron chi connectivity index (χ0n) is 11.8. The average Bonchev–Trinajstić information content (AvgIpc) is 2.54. The molecule has 0 spiro atoms. The summed E-state index contributed by atoms with van der Waals surface area (Å²) in [5, 5.41) is 0. The van der Waals surface area contributed by atoms with E-state index < -0.39 is 0 Å². The number of nitrogens with one attached hydrogen (secondary N) is 1. The molecule has 3 rings (SSSR count). The monoisotopic (exact) mass is 286 g/mol. The molecule has 4 heteroatoms. The third-order valence-electron chi connectivity index (χ3n) is 4.10. The predicted octanol–water partition coefficient (Wildman–Crippen LogP) is 2.77. The molecule has 3 nitrogen and oxygen atoms in total. The van der Waals surface area contributed by atoms with E-state index in [0.29, 0.717) is 18.6 Å². The Balaban J connectivity index is 1.86. The summed E-state index contributed by atoms with van der Waals surface area (Å²) in [7, 11) is 0. The first-order valence-electron chi connectivity index (χ1n) is 7.21. The zero-order chi connectivity index (χ0) is 14.7. The lowest BCUT2D eigenvalue weighted by atomic mass is 9.84. The van der Waals surface area contributed by atoms with Crippen LogP contribution in [-0.4, -0.2) is 12.6 Å². The number of benzene rings is 2. The highest BCUT2D eigenvalue weighted by Gasteiger charge is 2.28. The number of para-hydroxylation sites is 1. The minimum atomic E-state index is -0.182. The van der Waals surface area contributed by atoms with Gasteiger partial charge in [-0.1, -0.05) is 36.4 Å². The van der Waals surface area contributed by atoms with Gasteiger partial charge < -0.3 is 4.74 Å². The van der Waals surface area contributed by atoms with E-state index in [2.05, 4.69) is 11.5 Å². The van der Waals surface area contributed by atoms with Crippen LogP contribution >= 0.6 is 0 Å². The second-order valence-electron chi connectivity index (χ2n) is 5.35. The van der Waals surface area contributed by atoms with Gasteiger partial charge in [0.05, 0.1) is 6.61 Å². The lowest BCUT2D eigenvalue weighted by Gasteiger charge is -2.32. The molecule has 1 aliphatic rings. The minimum Gasteiger partial charge on any atom is -0.493 e. The molecular weight excluding hydrogens is 267 g/mol. The molecule has 0 bridgehead atoms. The van der Waals surface area contributed by atoms with Crippen molar-refractivity contribution in [2.75, 3.05) is 6.61 Å². The second-order valence-corrected chi connectivity index (χ2v) is 5.35. The van der Waals surface area contributed by atoms with Crippen LogP contribution in [0.3, 0.4) is 0 Å². The van der Waals surface area contributed by atoms with E-state index in [0.717, 1.165) is 17.7 Å². The molecule has 21 heavy (non-hydrogen) atoms. The van der Waals surface area contributed by atoms with Crippen LogP contribution in [0, 0.1) is 5.82 Å². The van der Waals surface area contributed by atoms with Crippen LogP contribution in [-0.2, 0) is 6.42 Å². The normalized spacial score (nSPS) is 18.7. The minimum absolute atomic E-state index is 0.0213. The summed E-state index contributed by atoms with van der Waals surface area (Å²) in [5.74, 6) is 6.69. The predicted molar refractivity (Wildman–Crippen MR) is 80.5 cm³/mol. The molecule has 1 heterocycles. The van der Waals surface area contributed by atoms with Crippen LogP contribution in [0.1, 0.15) is 23.5 Å². The number of hydrazine groups is 1. The summed E-state index contributed by atoms with van der Waals surface area (Å²) >= 11 is 0. The number of fused-ring (bicyclic) bond motifs is 1. The van der Waals surface area contributed by atoms with E-state index in [-0.39, 0.29) is 17.8 Å². The summed E-state index contributed by atoms with van der Waals surface area (Å²) in [4.78, 5) is 0. The first-order chi connectivity index (χ1) is 10.3. The lowest BCUT2D eigenvalue weighted by molar-refractivity contribution is 0.244. The second kappa shape index (κ2) is 6.24. The molecule has 0 radical (unpaired) electrons. The average molecular weight is 286 g/mol. The van der Waals surface area contributed by atoms with Crippen molar-refractivity contribution in [3.8, 4) is 5.75 Å². The molecule has 2 unspecified atom stereocenters. The van der Waals surface area contributed by atoms with Crippen LogP contribution in [0.25, 0.3) is 0 Å². The van der Waals surface area contributed by atoms with Gasteiger partial charge in [-0.05, 0) is 36.1 Å². The van der Waals surface area contributed by atoms with Gasteiger partial charge in [-0.2, -0.15) is 0 Å². The Kier molecular flexibility index (Phi) is 4.18. The van der Waals surface area contributed by atoms with Crippen LogP contribution < -0.4 is 16.0 Å². The van der Waals surface area contributed by atoms with Gasteiger partial charge in [-0.3, -0.25) is 11.3 Å². The Morgan fingerprint density at radius 2 is 1.95 bits per heavy atom. The van der Waals surface area contributed by atoms with E-state index in [1.807, 2.05) is 30.3 Å². The molecule has 0 saturated carbocycles. The molecule has 0 saturated heterocycles. The molecule has 2 atom stereocenters. The van der Waals surface area contributed by atoms with Crippen molar-refractivity contribution in [1.29, 1.82) is 0 Å². The van der Waals surface area contributed by atoms with Crippen LogP contribution in [0.4, 0.5) is 4.39 Å². The Bertz CT molecular complexity index is 617. The van der Waals surface area contributed by atoms with Crippen molar-refractivity contribution in [3.05, 3.63) is 65.5 Å². The number of ether oxygens (including phenoxy) is 1. The van der Waals surface area contributed by atoms with Crippen LogP contribution in [0.5, 0.6) is 5.75 Å². The SMILES string of the molecule is NNC(Cc1ccccc1F)C1CCOc2ccccc21. The van der Waals surface area contributed by atoms with Gasteiger partial charge in [-0.15, -0.1) is 0 Å². The highest BCUT2D eigenvalue weighted by molar-refractivity contribution is 5.39. The molecule has 110 valence electrons. The highest BCUT2D eigenvalue weighted by atomic mass is 19.1. The fourth-order valence-corrected chi connectivity index (χ4v) is 3.01. The molecule has 0 aromatic heterocycles. The zero-order valence-corrected chi connectivity index (χ0v) is 11.8. The van der Waals surface area contributed by atoms with E-state index in [4.69, 9.17) is 10.6 Å². The topological polar surface area (TPSA) is 47.3 Å². The highest BCUT2D eigenvalue weighted by Crippen LogP contribution is 2.36. The van der Waals surface area contributed by atoms with Gasteiger partial charge in [0, 0.05) is 12.0 Å². The van der Waals surface area contributed by atoms with E-state index >= 15 is 0 Å². The van der Waals surface area contributed by atoms with Crippen molar-refractivity contribution in [2.24, 2.45) is 5.84 Å². The van der Waals surface area contributed by atoms with Gasteiger partial charge in [0.15, 0.2) is 0 Å². The molecule has 0 aliphatic carbocycles. The number of hydrogen-bond donors (Lipinski definition) is 2. The summed E-state index contributed by atoms with van der Waals surface area (Å²) < 4.78 is 19.5. The number of rotatable bonds is 4. The van der Waals surface area contributed by atoms with Gasteiger partial charge in [0.25, 0.3) is 0 Å². The quantitative estimate of drug-likeness (QED) is 0.671. The standard InChI is InChI=1S/C17H19FN2O/c18-15-7-3-1-5-12(15)11-16(20-19)13-9-10-21-17-8-4-2-6-14(13)17/h1-8,13,16,20H,9-11,19H2. The molecule has 2 aromatic carbocycles. The van der Waals surface area contributed by atoms with Gasteiger partial charge in [0.1, 0.15) is 11.6 Å². The first-order valence-corrected chi connectivity index (χ1v) is 7.21. The third kappa shape index (κ3) is 2.91. The smallest absolute Gasteiger partial charge is 0.126 e. The number of nitrogens with two attached hydrogens (primary N) is 1. The largest absolute Gasteiger partial charge is 0.493 e. The summed E-state index contributed by atoms with van der Waals surface area (Å²) in [5.41, 5.74) is 4.69. The fraction of sp³-hybridized carbons (Fsp3) is 0.294. The lowest BCUT2D eigenvalue weighted by Crippen LogP contribution is -2.43. The maximum Gasteiger partial charge on any atom is 0.126 e. The Morgan fingerprint density at radius 3 is 2.76 bits per heavy atom. The maximum atomic E-state index is 13.9. The fourth-order valence-electron chi connectivity index (χ4n) is 3.01. The molecule has 0 fully saturated rings. The summed E-state index contributed by atoms with van der Waals surface area (Å²) in [6.45, 7) is 0.664. The maximum absolute atomic E-state index is 13.9. The van der Waals surface area contributed by atoms with Crippen molar-refractivity contribution in [3.63, 3.8) is 0 Å². The van der Waals surface area contributed by atoms with Crippen molar-refractivity contribution >= 4 is 0 Å². The molecule has 0 amide bonds. The van der Waals surface area contributed by atoms with E-state index in [9.17, 15) is 4.39 Å². The number of hydrogen-bond acceptors (Lipinski definition) is 3. The molecular formula is C17H19FN2O. The van der Waals surface area contributed by atoms with Crippen molar-refractivity contribution in [2.45, 2.75) is 24.8 Å². The van der Waals surface area contributed by atoms with E-state index in [1.54, 1.807) is 6.07 Å². The third-order valence-corrected chi connectivity index (χ3v) is 4.10. The van der Waals surface area contributed by atoms with Crippen LogP contribution in [0.2, 0.25) is 0 Å². The van der Waals surface area contributed by atoms with Gasteiger partial charge in [-0.25, -0.2) is 4.39 Å². The first kappa shape index (κ1) is 14.0. The molecule has 2 aromatic rings. The Hall–Kier alpha value is -1.91. The summed E-state index contributed by atoms with van der Waals surface area (Å²) in [6, 6.07) is 14.8. The van der Waals surface area contributed by atoms with Gasteiger partial charge >= 0.3 is 0 Å². The van der Waals surface area contributed by atoms with Gasteiger partial charge in [0.2, 0.25) is 0 Å². The molecule has 3 N–H and O–H groups in total. The number of halogens is 1. The molecule has 1 aliphatic heterocycles. The van der Waals surface area contributed by atoms with Crippen LogP contribution in [0.15, 0.2) is 48.5 Å².